The number of hydrogen-bond donors (Lipinski definition) is 1. The molecule has 0 radical (unpaired) electrons. The van der Waals surface area contributed by atoms with Crippen molar-refractivity contribution in [2.75, 3.05) is 23.7 Å². The van der Waals surface area contributed by atoms with Crippen LogP contribution in [0.25, 0.3) is 0 Å². The van der Waals surface area contributed by atoms with E-state index in [1.165, 1.54) is 6.07 Å². The zero-order valence-corrected chi connectivity index (χ0v) is 18.7. The van der Waals surface area contributed by atoms with E-state index in [4.69, 9.17) is 0 Å². The number of carbonyl (C=O) groups excluding carboxylic acids is 2. The summed E-state index contributed by atoms with van der Waals surface area (Å²) in [5.74, 6) is -0.608. The van der Waals surface area contributed by atoms with E-state index in [0.717, 1.165) is 35.9 Å². The standard InChI is InChI=1S/C22H24F3N3O4S/c1-33(31,32)28(19-9-4-8-18(12-19)22(23,24)25)15-20(29)26-13-16-6-2-3-7-17(16)14-27-11-5-10-21(27)30/h2-4,6-9,12H,5,10-11,13-15H2,1H3,(H,26,29). The number of nitrogens with zero attached hydrogens (tertiary/aromatic N) is 2. The molecule has 178 valence electrons. The van der Waals surface area contributed by atoms with Crippen molar-refractivity contribution in [1.29, 1.82) is 0 Å². The number of carbonyl (C=O) groups is 2. The minimum absolute atomic E-state index is 0.0683. The monoisotopic (exact) mass is 483 g/mol. The van der Waals surface area contributed by atoms with Gasteiger partial charge in [-0.3, -0.25) is 13.9 Å². The Kier molecular flexibility index (Phi) is 7.31. The minimum atomic E-state index is -4.65. The van der Waals surface area contributed by atoms with Crippen molar-refractivity contribution in [1.82, 2.24) is 10.2 Å². The zero-order chi connectivity index (χ0) is 24.2. The molecule has 0 unspecified atom stereocenters. The number of amides is 2. The van der Waals surface area contributed by atoms with Crippen LogP contribution in [0.4, 0.5) is 18.9 Å². The van der Waals surface area contributed by atoms with Gasteiger partial charge < -0.3 is 10.2 Å². The van der Waals surface area contributed by atoms with E-state index in [-0.39, 0.29) is 18.1 Å². The first-order valence-electron chi connectivity index (χ1n) is 10.2. The van der Waals surface area contributed by atoms with Gasteiger partial charge in [0.15, 0.2) is 0 Å². The maximum absolute atomic E-state index is 13.0. The second-order valence-corrected chi connectivity index (χ2v) is 9.69. The van der Waals surface area contributed by atoms with Crippen LogP contribution in [-0.4, -0.2) is 44.5 Å². The lowest BCUT2D eigenvalue weighted by atomic mass is 10.1. The van der Waals surface area contributed by atoms with Crippen molar-refractivity contribution in [3.05, 3.63) is 65.2 Å². The van der Waals surface area contributed by atoms with E-state index in [9.17, 15) is 31.2 Å². The van der Waals surface area contributed by atoms with E-state index in [0.29, 0.717) is 29.9 Å². The summed E-state index contributed by atoms with van der Waals surface area (Å²) in [5.41, 5.74) is 0.344. The van der Waals surface area contributed by atoms with Crippen molar-refractivity contribution in [3.8, 4) is 0 Å². The number of benzene rings is 2. The molecule has 0 aliphatic carbocycles. The maximum Gasteiger partial charge on any atom is 0.416 e. The fraction of sp³-hybridized carbons (Fsp3) is 0.364. The van der Waals surface area contributed by atoms with Crippen LogP contribution in [0.2, 0.25) is 0 Å². The Hall–Kier alpha value is -3.08. The maximum atomic E-state index is 13.0. The van der Waals surface area contributed by atoms with Crippen LogP contribution in [0.15, 0.2) is 48.5 Å². The molecular formula is C22H24F3N3O4S. The number of halogens is 3. The van der Waals surface area contributed by atoms with Crippen LogP contribution in [0, 0.1) is 0 Å². The molecule has 11 heteroatoms. The second kappa shape index (κ2) is 9.82. The number of likely N-dealkylation sites (tertiary alicyclic amines) is 1. The highest BCUT2D eigenvalue weighted by Crippen LogP contribution is 2.32. The first-order valence-corrected chi connectivity index (χ1v) is 12.1. The van der Waals surface area contributed by atoms with Crippen LogP contribution in [0.3, 0.4) is 0 Å². The molecule has 0 aromatic heterocycles. The number of alkyl halides is 3. The molecule has 0 atom stereocenters. The highest BCUT2D eigenvalue weighted by molar-refractivity contribution is 7.92. The molecule has 2 aromatic carbocycles. The molecule has 2 aromatic rings. The lowest BCUT2D eigenvalue weighted by molar-refractivity contribution is -0.137. The van der Waals surface area contributed by atoms with Gasteiger partial charge in [-0.25, -0.2) is 8.42 Å². The molecule has 2 amide bonds. The van der Waals surface area contributed by atoms with Crippen molar-refractivity contribution in [3.63, 3.8) is 0 Å². The van der Waals surface area contributed by atoms with Gasteiger partial charge in [0.1, 0.15) is 6.54 Å². The predicted molar refractivity (Wildman–Crippen MR) is 117 cm³/mol. The third-order valence-electron chi connectivity index (χ3n) is 5.28. The van der Waals surface area contributed by atoms with Crippen LogP contribution in [0.5, 0.6) is 0 Å². The molecular weight excluding hydrogens is 459 g/mol. The van der Waals surface area contributed by atoms with Gasteiger partial charge in [0.25, 0.3) is 0 Å². The van der Waals surface area contributed by atoms with E-state index < -0.39 is 34.2 Å². The fourth-order valence-electron chi connectivity index (χ4n) is 3.58. The van der Waals surface area contributed by atoms with Gasteiger partial charge in [0.2, 0.25) is 21.8 Å². The Bertz CT molecular complexity index is 1140. The van der Waals surface area contributed by atoms with Crippen LogP contribution in [-0.2, 0) is 38.9 Å². The van der Waals surface area contributed by atoms with Crippen molar-refractivity contribution in [2.24, 2.45) is 0 Å². The van der Waals surface area contributed by atoms with Gasteiger partial charge >= 0.3 is 6.18 Å². The number of nitrogens with one attached hydrogen (secondary N) is 1. The lowest BCUT2D eigenvalue weighted by Crippen LogP contribution is -2.40. The summed E-state index contributed by atoms with van der Waals surface area (Å²) < 4.78 is 64.2. The number of rotatable bonds is 8. The largest absolute Gasteiger partial charge is 0.416 e. The number of hydrogen-bond acceptors (Lipinski definition) is 4. The average molecular weight is 484 g/mol. The topological polar surface area (TPSA) is 86.8 Å². The summed E-state index contributed by atoms with van der Waals surface area (Å²) >= 11 is 0. The quantitative estimate of drug-likeness (QED) is 0.626. The summed E-state index contributed by atoms with van der Waals surface area (Å²) in [6, 6.07) is 11.0. The summed E-state index contributed by atoms with van der Waals surface area (Å²) in [6.07, 6.45) is -2.52. The molecule has 7 nitrogen and oxygen atoms in total. The van der Waals surface area contributed by atoms with Crippen molar-refractivity contribution < 1.29 is 31.2 Å². The van der Waals surface area contributed by atoms with Crippen LogP contribution in [0.1, 0.15) is 29.5 Å². The van der Waals surface area contributed by atoms with Crippen molar-refractivity contribution >= 4 is 27.5 Å². The van der Waals surface area contributed by atoms with Gasteiger partial charge in [-0.1, -0.05) is 30.3 Å². The Labute approximate surface area is 190 Å². The molecule has 33 heavy (non-hydrogen) atoms. The van der Waals surface area contributed by atoms with Gasteiger partial charge in [-0.15, -0.1) is 0 Å². The Morgan fingerprint density at radius 2 is 1.82 bits per heavy atom. The summed E-state index contributed by atoms with van der Waals surface area (Å²) in [5, 5.41) is 2.62. The van der Waals surface area contributed by atoms with E-state index in [2.05, 4.69) is 5.32 Å². The van der Waals surface area contributed by atoms with Gasteiger partial charge in [-0.2, -0.15) is 13.2 Å². The molecule has 3 rings (SSSR count). The molecule has 1 fully saturated rings. The molecule has 1 saturated heterocycles. The van der Waals surface area contributed by atoms with Crippen LogP contribution >= 0.6 is 0 Å². The van der Waals surface area contributed by atoms with Gasteiger partial charge in [-0.05, 0) is 35.7 Å². The molecule has 1 aliphatic rings. The summed E-state index contributed by atoms with van der Waals surface area (Å²) in [6.45, 7) is 0.481. The summed E-state index contributed by atoms with van der Waals surface area (Å²) in [4.78, 5) is 26.2. The molecule has 0 spiro atoms. The van der Waals surface area contributed by atoms with Crippen molar-refractivity contribution in [2.45, 2.75) is 32.1 Å². The highest BCUT2D eigenvalue weighted by Gasteiger charge is 2.32. The Morgan fingerprint density at radius 1 is 1.12 bits per heavy atom. The minimum Gasteiger partial charge on any atom is -0.350 e. The first-order chi connectivity index (χ1) is 15.4. The first kappa shape index (κ1) is 24.6. The third-order valence-corrected chi connectivity index (χ3v) is 6.42. The molecule has 0 saturated carbocycles. The molecule has 0 bridgehead atoms. The normalized spacial score (nSPS) is 14.4. The van der Waals surface area contributed by atoms with Gasteiger partial charge in [0, 0.05) is 26.1 Å². The lowest BCUT2D eigenvalue weighted by Gasteiger charge is -2.23. The second-order valence-electron chi connectivity index (χ2n) is 7.78. The number of sulfonamides is 1. The SMILES string of the molecule is CS(=O)(=O)N(CC(=O)NCc1ccccc1CN1CCCC1=O)c1cccc(C(F)(F)F)c1. The van der Waals surface area contributed by atoms with E-state index in [1.54, 1.807) is 17.0 Å². The number of anilines is 1. The zero-order valence-electron chi connectivity index (χ0n) is 17.9. The smallest absolute Gasteiger partial charge is 0.350 e. The van der Waals surface area contributed by atoms with Gasteiger partial charge in [0.05, 0.1) is 17.5 Å². The predicted octanol–water partition coefficient (Wildman–Crippen LogP) is 2.91. The Morgan fingerprint density at radius 3 is 2.42 bits per heavy atom. The summed E-state index contributed by atoms with van der Waals surface area (Å²) in [7, 11) is -4.03. The van der Waals surface area contributed by atoms with E-state index in [1.807, 2.05) is 12.1 Å². The average Bonchev–Trinajstić information content (AvgIpc) is 3.14. The molecule has 1 aliphatic heterocycles. The highest BCUT2D eigenvalue weighted by atomic mass is 32.2. The van der Waals surface area contributed by atoms with Crippen LogP contribution < -0.4 is 9.62 Å². The third kappa shape index (κ3) is 6.47. The van der Waals surface area contributed by atoms with E-state index >= 15 is 0 Å². The molecule has 1 N–H and O–H groups in total. The Balaban J connectivity index is 1.71. The molecule has 1 heterocycles. The fourth-order valence-corrected chi connectivity index (χ4v) is 4.43.